The van der Waals surface area contributed by atoms with Crippen molar-refractivity contribution in [3.63, 3.8) is 0 Å². The summed E-state index contributed by atoms with van der Waals surface area (Å²) in [5, 5.41) is 7.85. The Hall–Kier alpha value is -1.47. The van der Waals surface area contributed by atoms with E-state index in [1.165, 1.54) is 11.3 Å². The van der Waals surface area contributed by atoms with Gasteiger partial charge in [0.25, 0.3) is 5.91 Å². The van der Waals surface area contributed by atoms with E-state index in [0.29, 0.717) is 4.88 Å². The molecule has 0 radical (unpaired) electrons. The molecule has 0 aliphatic rings. The molecule has 1 atom stereocenters. The van der Waals surface area contributed by atoms with Crippen LogP contribution in [0.2, 0.25) is 0 Å². The van der Waals surface area contributed by atoms with Crippen LogP contribution in [-0.2, 0) is 0 Å². The lowest BCUT2D eigenvalue weighted by atomic mass is 10.2. The highest BCUT2D eigenvalue weighted by Crippen LogP contribution is 2.24. The highest BCUT2D eigenvalue weighted by atomic mass is 32.1. The third-order valence-corrected chi connectivity index (χ3v) is 4.69. The second-order valence-corrected chi connectivity index (χ2v) is 6.60. The average Bonchev–Trinajstić information content (AvgIpc) is 3.05. The second kappa shape index (κ2) is 6.81. The molecule has 0 spiro atoms. The first-order chi connectivity index (χ1) is 9.63. The van der Waals surface area contributed by atoms with Crippen LogP contribution >= 0.6 is 22.7 Å². The number of nitrogens with zero attached hydrogens (tertiary/aromatic N) is 2. The maximum Gasteiger partial charge on any atom is 0.263 e. The first-order valence-electron chi connectivity index (χ1n) is 6.56. The average molecular weight is 310 g/mol. The summed E-state index contributed by atoms with van der Waals surface area (Å²) >= 11 is 2.99. The lowest BCUT2D eigenvalue weighted by Gasteiger charge is -2.13. The van der Waals surface area contributed by atoms with Gasteiger partial charge in [-0.3, -0.25) is 4.79 Å². The van der Waals surface area contributed by atoms with E-state index < -0.39 is 0 Å². The number of thiazole rings is 2. The molecule has 0 aliphatic carbocycles. The molecule has 0 aromatic carbocycles. The van der Waals surface area contributed by atoms with E-state index in [0.717, 1.165) is 28.0 Å². The number of hydrogen-bond acceptors (Lipinski definition) is 6. The van der Waals surface area contributed by atoms with Crippen LogP contribution in [0.4, 0.5) is 5.13 Å². The molecule has 0 aliphatic heterocycles. The minimum Gasteiger partial charge on any atom is -0.362 e. The van der Waals surface area contributed by atoms with Crippen LogP contribution in [0, 0.1) is 6.92 Å². The molecule has 0 saturated carbocycles. The first kappa shape index (κ1) is 14.9. The van der Waals surface area contributed by atoms with Crippen molar-refractivity contribution in [1.29, 1.82) is 0 Å². The van der Waals surface area contributed by atoms with Crippen molar-refractivity contribution in [2.45, 2.75) is 33.2 Å². The molecule has 1 amide bonds. The predicted octanol–water partition coefficient (Wildman–Crippen LogP) is 3.22. The number of rotatable bonds is 6. The topological polar surface area (TPSA) is 66.9 Å². The number of anilines is 1. The summed E-state index contributed by atoms with van der Waals surface area (Å²) in [6.45, 7) is 6.85. The van der Waals surface area contributed by atoms with E-state index in [9.17, 15) is 4.79 Å². The maximum absolute atomic E-state index is 12.2. The third-order valence-electron chi connectivity index (χ3n) is 2.71. The van der Waals surface area contributed by atoms with E-state index in [2.05, 4.69) is 20.6 Å². The van der Waals surface area contributed by atoms with E-state index in [1.54, 1.807) is 17.5 Å². The third kappa shape index (κ3) is 3.55. The van der Waals surface area contributed by atoms with Gasteiger partial charge in [0, 0.05) is 17.6 Å². The Bertz CT molecular complexity index is 578. The number of amides is 1. The van der Waals surface area contributed by atoms with Gasteiger partial charge in [0.15, 0.2) is 5.13 Å². The molecule has 0 fully saturated rings. The summed E-state index contributed by atoms with van der Waals surface area (Å²) in [4.78, 5) is 22.5. The Balaban J connectivity index is 2.04. The first-order valence-corrected chi connectivity index (χ1v) is 8.20. The van der Waals surface area contributed by atoms with Crippen molar-refractivity contribution in [1.82, 2.24) is 15.3 Å². The summed E-state index contributed by atoms with van der Waals surface area (Å²) < 4.78 is 0. The highest BCUT2D eigenvalue weighted by molar-refractivity contribution is 7.17. The minimum absolute atomic E-state index is 0.0362. The maximum atomic E-state index is 12.2. The van der Waals surface area contributed by atoms with Crippen LogP contribution in [0.25, 0.3) is 0 Å². The molecular weight excluding hydrogens is 292 g/mol. The SMILES string of the molecule is CCNc1ncc(C(=O)N[C@@H](CC)c2ncc(C)s2)s1. The van der Waals surface area contributed by atoms with Gasteiger partial charge in [-0.05, 0) is 20.3 Å². The molecule has 2 aromatic rings. The summed E-state index contributed by atoms with van der Waals surface area (Å²) in [6.07, 6.45) is 4.26. The molecule has 108 valence electrons. The van der Waals surface area contributed by atoms with Crippen LogP contribution in [0.3, 0.4) is 0 Å². The number of nitrogens with one attached hydrogen (secondary N) is 2. The quantitative estimate of drug-likeness (QED) is 0.859. The van der Waals surface area contributed by atoms with E-state index in [4.69, 9.17) is 0 Å². The lowest BCUT2D eigenvalue weighted by molar-refractivity contribution is 0.0939. The van der Waals surface area contributed by atoms with Gasteiger partial charge in [-0.2, -0.15) is 0 Å². The summed E-state index contributed by atoms with van der Waals surface area (Å²) in [5.74, 6) is -0.0913. The van der Waals surface area contributed by atoms with Crippen molar-refractivity contribution in [3.8, 4) is 0 Å². The standard InChI is InChI=1S/C13H18N4OS2/c1-4-9(12-15-6-8(3)19-12)17-11(18)10-7-16-13(20-10)14-5-2/h6-7,9H,4-5H2,1-3H3,(H,14,16)(H,17,18)/t9-/m0/s1. The van der Waals surface area contributed by atoms with Crippen molar-refractivity contribution in [2.24, 2.45) is 0 Å². The van der Waals surface area contributed by atoms with Gasteiger partial charge in [-0.15, -0.1) is 11.3 Å². The van der Waals surface area contributed by atoms with Crippen molar-refractivity contribution >= 4 is 33.7 Å². The molecule has 5 nitrogen and oxygen atoms in total. The molecule has 0 unspecified atom stereocenters. The van der Waals surface area contributed by atoms with Crippen LogP contribution < -0.4 is 10.6 Å². The zero-order valence-corrected chi connectivity index (χ0v) is 13.4. The van der Waals surface area contributed by atoms with Crippen molar-refractivity contribution in [3.05, 3.63) is 27.2 Å². The van der Waals surface area contributed by atoms with Crippen LogP contribution in [0.5, 0.6) is 0 Å². The Labute approximate surface area is 126 Å². The molecule has 2 heterocycles. The monoisotopic (exact) mass is 310 g/mol. The fraction of sp³-hybridized carbons (Fsp3) is 0.462. The van der Waals surface area contributed by atoms with Gasteiger partial charge in [-0.1, -0.05) is 18.3 Å². The molecule has 2 N–H and O–H groups in total. The fourth-order valence-corrected chi connectivity index (χ4v) is 3.41. The van der Waals surface area contributed by atoms with Gasteiger partial charge in [0.1, 0.15) is 9.88 Å². The smallest absolute Gasteiger partial charge is 0.263 e. The summed E-state index contributed by atoms with van der Waals surface area (Å²) in [6, 6.07) is -0.0362. The summed E-state index contributed by atoms with van der Waals surface area (Å²) in [5.41, 5.74) is 0. The molecule has 2 rings (SSSR count). The van der Waals surface area contributed by atoms with Gasteiger partial charge in [0.2, 0.25) is 0 Å². The summed E-state index contributed by atoms with van der Waals surface area (Å²) in [7, 11) is 0. The normalized spacial score (nSPS) is 12.2. The Morgan fingerprint density at radius 3 is 2.70 bits per heavy atom. The zero-order chi connectivity index (χ0) is 14.5. The molecule has 20 heavy (non-hydrogen) atoms. The predicted molar refractivity (Wildman–Crippen MR) is 83.6 cm³/mol. The van der Waals surface area contributed by atoms with Gasteiger partial charge < -0.3 is 10.6 Å². The van der Waals surface area contributed by atoms with Crippen molar-refractivity contribution in [2.75, 3.05) is 11.9 Å². The zero-order valence-electron chi connectivity index (χ0n) is 11.8. The highest BCUT2D eigenvalue weighted by Gasteiger charge is 2.18. The molecule has 0 saturated heterocycles. The molecule has 2 aromatic heterocycles. The van der Waals surface area contributed by atoms with Gasteiger partial charge in [0.05, 0.1) is 12.2 Å². The number of carbonyl (C=O) groups excluding carboxylic acids is 1. The Kier molecular flexibility index (Phi) is 5.08. The second-order valence-electron chi connectivity index (χ2n) is 4.30. The minimum atomic E-state index is -0.0913. The molecule has 0 bridgehead atoms. The van der Waals surface area contributed by atoms with Crippen LogP contribution in [0.1, 0.15) is 45.9 Å². The number of aromatic nitrogens is 2. The molecule has 7 heteroatoms. The number of aryl methyl sites for hydroxylation is 1. The van der Waals surface area contributed by atoms with Gasteiger partial charge >= 0.3 is 0 Å². The van der Waals surface area contributed by atoms with E-state index >= 15 is 0 Å². The van der Waals surface area contributed by atoms with E-state index in [1.807, 2.05) is 27.0 Å². The fourth-order valence-electron chi connectivity index (χ4n) is 1.71. The Morgan fingerprint density at radius 2 is 2.10 bits per heavy atom. The van der Waals surface area contributed by atoms with Crippen molar-refractivity contribution < 1.29 is 4.79 Å². The van der Waals surface area contributed by atoms with Crippen LogP contribution in [-0.4, -0.2) is 22.4 Å². The largest absolute Gasteiger partial charge is 0.362 e. The van der Waals surface area contributed by atoms with Gasteiger partial charge in [-0.25, -0.2) is 9.97 Å². The van der Waals surface area contributed by atoms with Crippen LogP contribution in [0.15, 0.2) is 12.4 Å². The molecular formula is C13H18N4OS2. The Morgan fingerprint density at radius 1 is 1.30 bits per heavy atom. The number of carbonyl (C=O) groups is 1. The van der Waals surface area contributed by atoms with E-state index in [-0.39, 0.29) is 11.9 Å². The number of hydrogen-bond donors (Lipinski definition) is 2. The lowest BCUT2D eigenvalue weighted by Crippen LogP contribution is -2.27.